The Kier molecular flexibility index (Phi) is 3.75. The van der Waals surface area contributed by atoms with E-state index in [0.29, 0.717) is 5.13 Å². The Bertz CT molecular complexity index is 768. The molecule has 4 nitrogen and oxygen atoms in total. The average molecular weight is 295 g/mol. The molecule has 0 spiro atoms. The minimum Gasteiger partial charge on any atom is -0.302 e. The zero-order valence-corrected chi connectivity index (χ0v) is 12.2. The third-order valence-electron chi connectivity index (χ3n) is 2.96. The first kappa shape index (κ1) is 13.5. The van der Waals surface area contributed by atoms with E-state index >= 15 is 0 Å². The molecule has 21 heavy (non-hydrogen) atoms. The second-order valence-electron chi connectivity index (χ2n) is 4.54. The van der Waals surface area contributed by atoms with Gasteiger partial charge < -0.3 is 5.32 Å². The van der Waals surface area contributed by atoms with Gasteiger partial charge in [0.15, 0.2) is 5.13 Å². The summed E-state index contributed by atoms with van der Waals surface area (Å²) in [6.45, 7) is 1.48. The molecular formula is C16H13N3OS. The molecule has 1 N–H and O–H groups in total. The number of carbonyl (C=O) groups excluding carboxylic acids is 1. The summed E-state index contributed by atoms with van der Waals surface area (Å²) >= 11 is 1.42. The zero-order chi connectivity index (χ0) is 14.7. The van der Waals surface area contributed by atoms with E-state index in [2.05, 4.69) is 27.4 Å². The smallest absolute Gasteiger partial charge is 0.223 e. The first-order valence-electron chi connectivity index (χ1n) is 6.46. The molecule has 1 aromatic carbocycles. The predicted molar refractivity (Wildman–Crippen MR) is 85.1 cm³/mol. The number of anilines is 1. The molecule has 0 aliphatic rings. The maximum absolute atomic E-state index is 11.0. The van der Waals surface area contributed by atoms with Crippen molar-refractivity contribution < 1.29 is 4.79 Å². The van der Waals surface area contributed by atoms with Crippen molar-refractivity contribution in [2.24, 2.45) is 0 Å². The van der Waals surface area contributed by atoms with Crippen molar-refractivity contribution in [3.05, 3.63) is 54.2 Å². The Hall–Kier alpha value is -2.53. The van der Waals surface area contributed by atoms with Gasteiger partial charge in [0.05, 0.1) is 5.69 Å². The molecule has 0 saturated heterocycles. The molecule has 0 atom stereocenters. The highest BCUT2D eigenvalue weighted by atomic mass is 32.1. The van der Waals surface area contributed by atoms with E-state index in [1.165, 1.54) is 18.3 Å². The highest BCUT2D eigenvalue weighted by molar-refractivity contribution is 7.14. The number of pyridine rings is 1. The lowest BCUT2D eigenvalue weighted by Crippen LogP contribution is -2.04. The molecular weight excluding hydrogens is 282 g/mol. The molecule has 0 saturated carbocycles. The van der Waals surface area contributed by atoms with Crippen LogP contribution >= 0.6 is 11.3 Å². The van der Waals surface area contributed by atoms with Gasteiger partial charge in [0.2, 0.25) is 5.91 Å². The van der Waals surface area contributed by atoms with Crippen LogP contribution < -0.4 is 5.32 Å². The van der Waals surface area contributed by atoms with Crippen LogP contribution in [0, 0.1) is 0 Å². The Morgan fingerprint density at radius 1 is 1.10 bits per heavy atom. The molecule has 0 aliphatic heterocycles. The van der Waals surface area contributed by atoms with Crippen LogP contribution in [0.15, 0.2) is 54.2 Å². The summed E-state index contributed by atoms with van der Waals surface area (Å²) in [5.41, 5.74) is 4.12. The minimum absolute atomic E-state index is 0.110. The molecule has 3 rings (SSSR count). The van der Waals surface area contributed by atoms with Gasteiger partial charge in [-0.2, -0.15) is 0 Å². The number of hydrogen-bond donors (Lipinski definition) is 1. The van der Waals surface area contributed by atoms with Gasteiger partial charge in [-0.1, -0.05) is 18.2 Å². The Labute approximate surface area is 126 Å². The number of carbonyl (C=O) groups is 1. The zero-order valence-electron chi connectivity index (χ0n) is 11.4. The highest BCUT2D eigenvalue weighted by Gasteiger charge is 2.07. The number of amides is 1. The third-order valence-corrected chi connectivity index (χ3v) is 3.72. The molecule has 104 valence electrons. The molecule has 3 aromatic rings. The van der Waals surface area contributed by atoms with Crippen LogP contribution in [0.3, 0.4) is 0 Å². The second-order valence-corrected chi connectivity index (χ2v) is 5.39. The standard InChI is InChI=1S/C16H13N3OS/c1-11(20)18-16-19-15(10-21-16)14-4-2-3-13(9-14)12-5-7-17-8-6-12/h2-10H,1H3,(H,18,19,20). The first-order valence-corrected chi connectivity index (χ1v) is 7.34. The van der Waals surface area contributed by atoms with Gasteiger partial charge in [-0.05, 0) is 29.3 Å². The number of benzene rings is 1. The van der Waals surface area contributed by atoms with Crippen molar-refractivity contribution in [3.63, 3.8) is 0 Å². The normalized spacial score (nSPS) is 10.3. The van der Waals surface area contributed by atoms with Gasteiger partial charge in [0.25, 0.3) is 0 Å². The summed E-state index contributed by atoms with van der Waals surface area (Å²) in [5.74, 6) is -0.110. The van der Waals surface area contributed by atoms with E-state index < -0.39 is 0 Å². The van der Waals surface area contributed by atoms with E-state index in [1.807, 2.05) is 29.6 Å². The van der Waals surface area contributed by atoms with Crippen LogP contribution in [0.25, 0.3) is 22.4 Å². The van der Waals surface area contributed by atoms with Crippen molar-refractivity contribution in [1.82, 2.24) is 9.97 Å². The van der Waals surface area contributed by atoms with Gasteiger partial charge in [-0.25, -0.2) is 4.98 Å². The largest absolute Gasteiger partial charge is 0.302 e. The van der Waals surface area contributed by atoms with Crippen molar-refractivity contribution in [2.75, 3.05) is 5.32 Å². The molecule has 2 heterocycles. The number of hydrogen-bond acceptors (Lipinski definition) is 4. The van der Waals surface area contributed by atoms with Crippen LogP contribution in [-0.2, 0) is 4.79 Å². The van der Waals surface area contributed by atoms with Gasteiger partial charge in [-0.15, -0.1) is 11.3 Å². The van der Waals surface area contributed by atoms with E-state index in [9.17, 15) is 4.79 Å². The fourth-order valence-corrected chi connectivity index (χ4v) is 2.78. The summed E-state index contributed by atoms with van der Waals surface area (Å²) in [6, 6.07) is 12.1. The third kappa shape index (κ3) is 3.14. The summed E-state index contributed by atoms with van der Waals surface area (Å²) < 4.78 is 0. The van der Waals surface area contributed by atoms with Crippen LogP contribution in [0.1, 0.15) is 6.92 Å². The Balaban J connectivity index is 1.93. The van der Waals surface area contributed by atoms with E-state index in [1.54, 1.807) is 12.4 Å². The molecule has 0 radical (unpaired) electrons. The number of nitrogens with one attached hydrogen (secondary N) is 1. The van der Waals surface area contributed by atoms with Crippen LogP contribution in [0.4, 0.5) is 5.13 Å². The van der Waals surface area contributed by atoms with Crippen LogP contribution in [0.2, 0.25) is 0 Å². The van der Waals surface area contributed by atoms with Gasteiger partial charge >= 0.3 is 0 Å². The van der Waals surface area contributed by atoms with E-state index in [4.69, 9.17) is 0 Å². The molecule has 5 heteroatoms. The van der Waals surface area contributed by atoms with Gasteiger partial charge in [0, 0.05) is 30.3 Å². The van der Waals surface area contributed by atoms with Crippen molar-refractivity contribution >= 4 is 22.4 Å². The predicted octanol–water partition coefficient (Wildman–Crippen LogP) is 3.83. The summed E-state index contributed by atoms with van der Waals surface area (Å²) in [5, 5.41) is 5.26. The fourth-order valence-electron chi connectivity index (χ4n) is 2.02. The monoisotopic (exact) mass is 295 g/mol. The number of rotatable bonds is 3. The number of aromatic nitrogens is 2. The molecule has 2 aromatic heterocycles. The quantitative estimate of drug-likeness (QED) is 0.799. The molecule has 0 aliphatic carbocycles. The van der Waals surface area contributed by atoms with Crippen molar-refractivity contribution in [2.45, 2.75) is 6.92 Å². The number of nitrogens with zero attached hydrogens (tertiary/aromatic N) is 2. The lowest BCUT2D eigenvalue weighted by atomic mass is 10.0. The lowest BCUT2D eigenvalue weighted by Gasteiger charge is -2.03. The fraction of sp³-hybridized carbons (Fsp3) is 0.0625. The highest BCUT2D eigenvalue weighted by Crippen LogP contribution is 2.28. The van der Waals surface area contributed by atoms with Gasteiger partial charge in [-0.3, -0.25) is 9.78 Å². The molecule has 0 fully saturated rings. The number of thiazole rings is 1. The first-order chi connectivity index (χ1) is 10.2. The Morgan fingerprint density at radius 3 is 2.62 bits per heavy atom. The molecule has 0 unspecified atom stereocenters. The van der Waals surface area contributed by atoms with Crippen LogP contribution in [-0.4, -0.2) is 15.9 Å². The summed E-state index contributed by atoms with van der Waals surface area (Å²) in [4.78, 5) is 19.5. The average Bonchev–Trinajstić information content (AvgIpc) is 2.96. The van der Waals surface area contributed by atoms with Crippen molar-refractivity contribution in [3.8, 4) is 22.4 Å². The summed E-state index contributed by atoms with van der Waals surface area (Å²) in [6.07, 6.45) is 3.56. The lowest BCUT2D eigenvalue weighted by molar-refractivity contribution is -0.114. The molecule has 0 bridgehead atoms. The van der Waals surface area contributed by atoms with Crippen LogP contribution in [0.5, 0.6) is 0 Å². The van der Waals surface area contributed by atoms with Crippen molar-refractivity contribution in [1.29, 1.82) is 0 Å². The minimum atomic E-state index is -0.110. The maximum Gasteiger partial charge on any atom is 0.223 e. The van der Waals surface area contributed by atoms with Gasteiger partial charge in [0.1, 0.15) is 0 Å². The maximum atomic E-state index is 11.0. The Morgan fingerprint density at radius 2 is 1.86 bits per heavy atom. The van der Waals surface area contributed by atoms with E-state index in [0.717, 1.165) is 22.4 Å². The SMILES string of the molecule is CC(=O)Nc1nc(-c2cccc(-c3ccncc3)c2)cs1. The summed E-state index contributed by atoms with van der Waals surface area (Å²) in [7, 11) is 0. The van der Waals surface area contributed by atoms with E-state index in [-0.39, 0.29) is 5.91 Å². The molecule has 1 amide bonds. The second kappa shape index (κ2) is 5.85. The topological polar surface area (TPSA) is 54.9 Å².